The molecule has 0 bridgehead atoms. The van der Waals surface area contributed by atoms with Gasteiger partial charge < -0.3 is 10.6 Å². The normalized spacial score (nSPS) is 13.0. The number of para-hydroxylation sites is 1. The van der Waals surface area contributed by atoms with Crippen molar-refractivity contribution in [1.29, 1.82) is 0 Å². The van der Waals surface area contributed by atoms with Crippen molar-refractivity contribution in [2.75, 3.05) is 25.2 Å². The largest absolute Gasteiger partial charge is 0.348 e. The van der Waals surface area contributed by atoms with E-state index in [-0.39, 0.29) is 24.4 Å². The molecule has 6 heteroatoms. The van der Waals surface area contributed by atoms with E-state index in [4.69, 9.17) is 0 Å². The van der Waals surface area contributed by atoms with Crippen LogP contribution in [-0.2, 0) is 9.59 Å². The maximum Gasteiger partial charge on any atom is 0.238 e. The second-order valence-corrected chi connectivity index (χ2v) is 7.95. The Bertz CT molecular complexity index is 798. The minimum Gasteiger partial charge on any atom is -0.348 e. The van der Waals surface area contributed by atoms with Crippen LogP contribution in [0.3, 0.4) is 0 Å². The predicted molar refractivity (Wildman–Crippen MR) is 121 cm³/mol. The van der Waals surface area contributed by atoms with Crippen molar-refractivity contribution >= 4 is 29.3 Å². The predicted octanol–water partition coefficient (Wildman–Crippen LogP) is 4.32. The Hall–Kier alpha value is -2.31. The van der Waals surface area contributed by atoms with Gasteiger partial charge in [0.15, 0.2) is 0 Å². The lowest BCUT2D eigenvalue weighted by Crippen LogP contribution is -2.46. The fraction of sp³-hybridized carbons (Fsp3) is 0.391. The first-order valence-electron chi connectivity index (χ1n) is 9.94. The third kappa shape index (κ3) is 6.91. The Morgan fingerprint density at radius 3 is 2.38 bits per heavy atom. The van der Waals surface area contributed by atoms with E-state index in [2.05, 4.69) is 17.6 Å². The molecule has 2 N–H and O–H groups in total. The molecule has 2 amide bonds. The molecule has 2 aromatic carbocycles. The van der Waals surface area contributed by atoms with Gasteiger partial charge in [-0.1, -0.05) is 55.8 Å². The molecule has 0 fully saturated rings. The second kappa shape index (κ2) is 11.6. The Morgan fingerprint density at radius 2 is 1.72 bits per heavy atom. The zero-order valence-corrected chi connectivity index (χ0v) is 18.5. The molecule has 0 saturated heterocycles. The van der Waals surface area contributed by atoms with Crippen LogP contribution in [0, 0.1) is 0 Å². The molecule has 0 saturated carbocycles. The number of amides is 2. The molecule has 0 aliphatic rings. The number of anilines is 1. The molecular formula is C23H31N3O2S. The summed E-state index contributed by atoms with van der Waals surface area (Å²) in [6.07, 6.45) is 3.82. The fourth-order valence-corrected chi connectivity index (χ4v) is 3.64. The summed E-state index contributed by atoms with van der Waals surface area (Å²) in [5.41, 5.74) is 1.89. The van der Waals surface area contributed by atoms with Crippen molar-refractivity contribution in [3.05, 3.63) is 60.2 Å². The number of thioether (sulfide) groups is 1. The van der Waals surface area contributed by atoms with E-state index >= 15 is 0 Å². The number of likely N-dealkylation sites (N-methyl/N-ethyl adjacent to an activating group) is 1. The summed E-state index contributed by atoms with van der Waals surface area (Å²) in [4.78, 5) is 28.0. The summed E-state index contributed by atoms with van der Waals surface area (Å²) < 4.78 is 0. The number of rotatable bonds is 10. The van der Waals surface area contributed by atoms with Crippen LogP contribution in [-0.4, -0.2) is 42.6 Å². The standard InChI is InChI=1S/C23H31N3O2S/c1-5-11-19(18-12-7-6-8-13-18)25-23(28)17(2)26(3)16-22(27)24-20-14-9-10-15-21(20)29-4/h6-10,12-15,17,19H,5,11,16H2,1-4H3,(H,24,27)(H,25,28)/t17-,19-/m1/s1. The van der Waals surface area contributed by atoms with Gasteiger partial charge in [0.2, 0.25) is 11.8 Å². The van der Waals surface area contributed by atoms with Crippen LogP contribution < -0.4 is 10.6 Å². The molecule has 156 valence electrons. The van der Waals surface area contributed by atoms with Crippen LogP contribution in [0.15, 0.2) is 59.5 Å². The highest BCUT2D eigenvalue weighted by molar-refractivity contribution is 7.98. The van der Waals surface area contributed by atoms with Gasteiger partial charge in [-0.05, 0) is 44.3 Å². The summed E-state index contributed by atoms with van der Waals surface area (Å²) in [6.45, 7) is 4.07. The van der Waals surface area contributed by atoms with Crippen LogP contribution in [0.5, 0.6) is 0 Å². The van der Waals surface area contributed by atoms with Gasteiger partial charge in [-0.15, -0.1) is 11.8 Å². The fourth-order valence-electron chi connectivity index (χ4n) is 3.09. The van der Waals surface area contributed by atoms with Crippen molar-refractivity contribution in [3.8, 4) is 0 Å². The maximum atomic E-state index is 12.8. The summed E-state index contributed by atoms with van der Waals surface area (Å²) in [7, 11) is 1.79. The van der Waals surface area contributed by atoms with Crippen LogP contribution in [0.4, 0.5) is 5.69 Å². The van der Waals surface area contributed by atoms with Gasteiger partial charge in [-0.25, -0.2) is 0 Å². The molecule has 0 aromatic heterocycles. The average molecular weight is 414 g/mol. The molecule has 2 aromatic rings. The number of benzene rings is 2. The summed E-state index contributed by atoms with van der Waals surface area (Å²) in [5, 5.41) is 6.08. The van der Waals surface area contributed by atoms with Gasteiger partial charge in [-0.2, -0.15) is 0 Å². The minimum atomic E-state index is -0.417. The molecule has 2 atom stereocenters. The van der Waals surface area contributed by atoms with Gasteiger partial charge >= 0.3 is 0 Å². The SMILES string of the molecule is CCC[C@@H](NC(=O)[C@@H](C)N(C)CC(=O)Nc1ccccc1SC)c1ccccc1. The minimum absolute atomic E-state index is 0.0215. The number of nitrogens with zero attached hydrogens (tertiary/aromatic N) is 1. The molecule has 0 aliphatic carbocycles. The highest BCUT2D eigenvalue weighted by atomic mass is 32.2. The Labute approximate surface area is 178 Å². The van der Waals surface area contributed by atoms with Crippen molar-refractivity contribution in [2.45, 2.75) is 43.7 Å². The Balaban J connectivity index is 1.94. The van der Waals surface area contributed by atoms with E-state index in [1.807, 2.05) is 67.8 Å². The molecule has 0 spiro atoms. The van der Waals surface area contributed by atoms with Gasteiger partial charge in [0.1, 0.15) is 0 Å². The smallest absolute Gasteiger partial charge is 0.238 e. The lowest BCUT2D eigenvalue weighted by molar-refractivity contribution is -0.127. The van der Waals surface area contributed by atoms with Crippen LogP contribution in [0.1, 0.15) is 38.3 Å². The van der Waals surface area contributed by atoms with E-state index in [9.17, 15) is 9.59 Å². The highest BCUT2D eigenvalue weighted by Gasteiger charge is 2.23. The highest BCUT2D eigenvalue weighted by Crippen LogP contribution is 2.24. The van der Waals surface area contributed by atoms with Gasteiger partial charge in [0, 0.05) is 4.90 Å². The van der Waals surface area contributed by atoms with Gasteiger partial charge in [0.05, 0.1) is 24.3 Å². The molecule has 0 radical (unpaired) electrons. The first-order valence-corrected chi connectivity index (χ1v) is 11.2. The molecule has 0 aliphatic heterocycles. The van der Waals surface area contributed by atoms with Crippen molar-refractivity contribution in [3.63, 3.8) is 0 Å². The van der Waals surface area contributed by atoms with Crippen LogP contribution in [0.2, 0.25) is 0 Å². The number of hydrogen-bond donors (Lipinski definition) is 2. The maximum absolute atomic E-state index is 12.8. The van der Waals surface area contributed by atoms with Crippen LogP contribution >= 0.6 is 11.8 Å². The third-order valence-corrected chi connectivity index (χ3v) is 5.71. The number of carbonyl (C=O) groups excluding carboxylic acids is 2. The van der Waals surface area contributed by atoms with Gasteiger partial charge in [0.25, 0.3) is 0 Å². The molecular weight excluding hydrogens is 382 g/mol. The molecule has 2 rings (SSSR count). The molecule has 29 heavy (non-hydrogen) atoms. The third-order valence-electron chi connectivity index (χ3n) is 4.91. The molecule has 5 nitrogen and oxygen atoms in total. The summed E-state index contributed by atoms with van der Waals surface area (Å²) >= 11 is 1.58. The average Bonchev–Trinajstić information content (AvgIpc) is 2.73. The van der Waals surface area contributed by atoms with Crippen molar-refractivity contribution < 1.29 is 9.59 Å². The van der Waals surface area contributed by atoms with Crippen molar-refractivity contribution in [1.82, 2.24) is 10.2 Å². The van der Waals surface area contributed by atoms with E-state index in [0.29, 0.717) is 0 Å². The first kappa shape index (κ1) is 23.0. The second-order valence-electron chi connectivity index (χ2n) is 7.10. The van der Waals surface area contributed by atoms with Crippen LogP contribution in [0.25, 0.3) is 0 Å². The van der Waals surface area contributed by atoms with Crippen molar-refractivity contribution in [2.24, 2.45) is 0 Å². The topological polar surface area (TPSA) is 61.4 Å². The van der Waals surface area contributed by atoms with E-state index < -0.39 is 6.04 Å². The summed E-state index contributed by atoms with van der Waals surface area (Å²) in [5.74, 6) is -0.214. The first-order chi connectivity index (χ1) is 14.0. The van der Waals surface area contributed by atoms with E-state index in [0.717, 1.165) is 29.0 Å². The lowest BCUT2D eigenvalue weighted by atomic mass is 10.0. The number of carbonyl (C=O) groups is 2. The monoisotopic (exact) mass is 413 g/mol. The zero-order valence-electron chi connectivity index (χ0n) is 17.6. The lowest BCUT2D eigenvalue weighted by Gasteiger charge is -2.26. The molecule has 0 heterocycles. The molecule has 0 unspecified atom stereocenters. The summed E-state index contributed by atoms with van der Waals surface area (Å²) in [6, 6.07) is 17.3. The Kier molecular flexibility index (Phi) is 9.22. The number of nitrogens with one attached hydrogen (secondary N) is 2. The Morgan fingerprint density at radius 1 is 1.07 bits per heavy atom. The van der Waals surface area contributed by atoms with E-state index in [1.54, 1.807) is 23.7 Å². The quantitative estimate of drug-likeness (QED) is 0.569. The van der Waals surface area contributed by atoms with Gasteiger partial charge in [-0.3, -0.25) is 14.5 Å². The van der Waals surface area contributed by atoms with E-state index in [1.165, 1.54) is 0 Å². The number of hydrogen-bond acceptors (Lipinski definition) is 4. The zero-order chi connectivity index (χ0) is 21.2.